The van der Waals surface area contributed by atoms with Gasteiger partial charge in [-0.25, -0.2) is 0 Å². The Morgan fingerprint density at radius 2 is 2.07 bits per heavy atom. The Morgan fingerprint density at radius 3 is 2.60 bits per heavy atom. The van der Waals surface area contributed by atoms with Crippen molar-refractivity contribution in [2.45, 2.75) is 25.3 Å². The fourth-order valence-electron chi connectivity index (χ4n) is 1.84. The molecule has 0 aromatic heterocycles. The standard InChI is InChI=1S/C12H15Cl2N/c1-15-12(6-8-2-3-8)9-4-5-10(13)11(14)7-9/h4-5,7-8,12,15H,2-3,6H2,1H3. The molecule has 1 atom stereocenters. The molecule has 0 heterocycles. The first-order valence-corrected chi connectivity index (χ1v) is 6.08. The summed E-state index contributed by atoms with van der Waals surface area (Å²) in [6.07, 6.45) is 3.95. The second-order valence-electron chi connectivity index (χ2n) is 4.19. The molecule has 3 heteroatoms. The lowest BCUT2D eigenvalue weighted by Gasteiger charge is -2.16. The average Bonchev–Trinajstić information content (AvgIpc) is 3.02. The van der Waals surface area contributed by atoms with Gasteiger partial charge < -0.3 is 5.32 Å². The first kappa shape index (κ1) is 11.3. The van der Waals surface area contributed by atoms with Crippen LogP contribution in [0.15, 0.2) is 18.2 Å². The summed E-state index contributed by atoms with van der Waals surface area (Å²) in [4.78, 5) is 0. The fraction of sp³-hybridized carbons (Fsp3) is 0.500. The smallest absolute Gasteiger partial charge is 0.0595 e. The fourth-order valence-corrected chi connectivity index (χ4v) is 2.14. The molecule has 1 saturated carbocycles. The van der Waals surface area contributed by atoms with E-state index in [1.54, 1.807) is 0 Å². The predicted octanol–water partition coefficient (Wildman–Crippen LogP) is 4.05. The molecule has 1 aromatic rings. The van der Waals surface area contributed by atoms with E-state index in [0.717, 1.165) is 5.92 Å². The molecule has 2 rings (SSSR count). The highest BCUT2D eigenvalue weighted by atomic mass is 35.5. The molecule has 15 heavy (non-hydrogen) atoms. The highest BCUT2D eigenvalue weighted by Gasteiger charge is 2.25. The summed E-state index contributed by atoms with van der Waals surface area (Å²) >= 11 is 11.9. The van der Waals surface area contributed by atoms with Gasteiger partial charge in [0.25, 0.3) is 0 Å². The molecular weight excluding hydrogens is 229 g/mol. The third-order valence-corrected chi connectivity index (χ3v) is 3.70. The second-order valence-corrected chi connectivity index (χ2v) is 5.01. The third kappa shape index (κ3) is 2.87. The van der Waals surface area contributed by atoms with Crippen molar-refractivity contribution in [2.24, 2.45) is 5.92 Å². The first-order chi connectivity index (χ1) is 7.20. The molecule has 1 unspecified atom stereocenters. The van der Waals surface area contributed by atoms with Gasteiger partial charge in [-0.05, 0) is 37.1 Å². The van der Waals surface area contributed by atoms with E-state index in [0.29, 0.717) is 16.1 Å². The van der Waals surface area contributed by atoms with Crippen molar-refractivity contribution >= 4 is 23.2 Å². The highest BCUT2D eigenvalue weighted by molar-refractivity contribution is 6.42. The number of nitrogens with one attached hydrogen (secondary N) is 1. The normalized spacial score (nSPS) is 17.8. The molecule has 1 N–H and O–H groups in total. The largest absolute Gasteiger partial charge is 0.313 e. The highest BCUT2D eigenvalue weighted by Crippen LogP contribution is 2.38. The van der Waals surface area contributed by atoms with Crippen molar-refractivity contribution in [1.82, 2.24) is 5.32 Å². The SMILES string of the molecule is CNC(CC1CC1)c1ccc(Cl)c(Cl)c1. The van der Waals surface area contributed by atoms with Crippen LogP contribution in [0.4, 0.5) is 0 Å². The van der Waals surface area contributed by atoms with Gasteiger partial charge in [-0.3, -0.25) is 0 Å². The molecule has 1 aliphatic rings. The van der Waals surface area contributed by atoms with Crippen LogP contribution < -0.4 is 5.32 Å². The van der Waals surface area contributed by atoms with Gasteiger partial charge in [0.1, 0.15) is 0 Å². The minimum absolute atomic E-state index is 0.410. The van der Waals surface area contributed by atoms with Gasteiger partial charge in [0.05, 0.1) is 10.0 Å². The summed E-state index contributed by atoms with van der Waals surface area (Å²) in [5, 5.41) is 4.60. The summed E-state index contributed by atoms with van der Waals surface area (Å²) in [6, 6.07) is 6.30. The van der Waals surface area contributed by atoms with Gasteiger partial charge in [-0.15, -0.1) is 0 Å². The zero-order chi connectivity index (χ0) is 10.8. The van der Waals surface area contributed by atoms with Crippen LogP contribution in [0, 0.1) is 5.92 Å². The number of benzene rings is 1. The van der Waals surface area contributed by atoms with Crippen LogP contribution in [0.5, 0.6) is 0 Å². The van der Waals surface area contributed by atoms with Crippen LogP contribution in [-0.2, 0) is 0 Å². The Morgan fingerprint density at radius 1 is 1.33 bits per heavy atom. The molecule has 0 aliphatic heterocycles. The van der Waals surface area contributed by atoms with E-state index in [2.05, 4.69) is 11.4 Å². The Bertz CT molecular complexity index is 347. The monoisotopic (exact) mass is 243 g/mol. The van der Waals surface area contributed by atoms with Crippen LogP contribution in [-0.4, -0.2) is 7.05 Å². The summed E-state index contributed by atoms with van der Waals surface area (Å²) in [6.45, 7) is 0. The molecule has 1 aliphatic carbocycles. The summed E-state index contributed by atoms with van der Waals surface area (Å²) < 4.78 is 0. The van der Waals surface area contributed by atoms with Crippen molar-refractivity contribution in [3.05, 3.63) is 33.8 Å². The lowest BCUT2D eigenvalue weighted by molar-refractivity contribution is 0.514. The van der Waals surface area contributed by atoms with Gasteiger partial charge >= 0.3 is 0 Å². The van der Waals surface area contributed by atoms with E-state index in [9.17, 15) is 0 Å². The van der Waals surface area contributed by atoms with Crippen molar-refractivity contribution in [3.63, 3.8) is 0 Å². The van der Waals surface area contributed by atoms with E-state index in [-0.39, 0.29) is 0 Å². The molecule has 0 radical (unpaired) electrons. The van der Waals surface area contributed by atoms with E-state index in [1.807, 2.05) is 19.2 Å². The quantitative estimate of drug-likeness (QED) is 0.842. The zero-order valence-electron chi connectivity index (χ0n) is 8.76. The maximum absolute atomic E-state index is 6.01. The molecular formula is C12H15Cl2N. The Hall–Kier alpha value is -0.240. The van der Waals surface area contributed by atoms with Gasteiger partial charge in [-0.2, -0.15) is 0 Å². The Balaban J connectivity index is 2.13. The average molecular weight is 244 g/mol. The van der Waals surface area contributed by atoms with E-state index >= 15 is 0 Å². The molecule has 0 spiro atoms. The van der Waals surface area contributed by atoms with Crippen LogP contribution in [0.2, 0.25) is 10.0 Å². The van der Waals surface area contributed by atoms with Crippen LogP contribution in [0.3, 0.4) is 0 Å². The summed E-state index contributed by atoms with van der Waals surface area (Å²) in [7, 11) is 2.00. The van der Waals surface area contributed by atoms with Gasteiger partial charge in [0.15, 0.2) is 0 Å². The maximum atomic E-state index is 6.01. The Labute approximate surface area is 101 Å². The van der Waals surface area contributed by atoms with Gasteiger partial charge in [0, 0.05) is 6.04 Å². The molecule has 0 amide bonds. The molecule has 0 saturated heterocycles. The molecule has 0 bridgehead atoms. The Kier molecular flexibility index (Phi) is 3.55. The summed E-state index contributed by atoms with van der Waals surface area (Å²) in [5.41, 5.74) is 1.24. The molecule has 1 aromatic carbocycles. The number of hydrogen-bond acceptors (Lipinski definition) is 1. The lowest BCUT2D eigenvalue weighted by Crippen LogP contribution is -2.16. The number of hydrogen-bond donors (Lipinski definition) is 1. The number of halogens is 2. The van der Waals surface area contributed by atoms with E-state index < -0.39 is 0 Å². The van der Waals surface area contributed by atoms with E-state index in [4.69, 9.17) is 23.2 Å². The van der Waals surface area contributed by atoms with Gasteiger partial charge in [0.2, 0.25) is 0 Å². The zero-order valence-corrected chi connectivity index (χ0v) is 10.3. The van der Waals surface area contributed by atoms with Gasteiger partial charge in [-0.1, -0.05) is 42.1 Å². The molecule has 82 valence electrons. The van der Waals surface area contributed by atoms with Crippen molar-refractivity contribution in [1.29, 1.82) is 0 Å². The topological polar surface area (TPSA) is 12.0 Å². The lowest BCUT2D eigenvalue weighted by atomic mass is 10.0. The second kappa shape index (κ2) is 4.73. The van der Waals surface area contributed by atoms with Crippen LogP contribution >= 0.6 is 23.2 Å². The van der Waals surface area contributed by atoms with Crippen molar-refractivity contribution < 1.29 is 0 Å². The minimum atomic E-state index is 0.410. The molecule has 1 nitrogen and oxygen atoms in total. The van der Waals surface area contributed by atoms with Crippen molar-refractivity contribution in [3.8, 4) is 0 Å². The minimum Gasteiger partial charge on any atom is -0.313 e. The first-order valence-electron chi connectivity index (χ1n) is 5.33. The van der Waals surface area contributed by atoms with Crippen LogP contribution in [0.25, 0.3) is 0 Å². The molecule has 1 fully saturated rings. The predicted molar refractivity (Wildman–Crippen MR) is 65.6 cm³/mol. The van der Waals surface area contributed by atoms with Crippen molar-refractivity contribution in [2.75, 3.05) is 7.05 Å². The van der Waals surface area contributed by atoms with E-state index in [1.165, 1.54) is 24.8 Å². The maximum Gasteiger partial charge on any atom is 0.0595 e. The van der Waals surface area contributed by atoms with Crippen LogP contribution in [0.1, 0.15) is 30.9 Å². The summed E-state index contributed by atoms with van der Waals surface area (Å²) in [5.74, 6) is 0.900. The third-order valence-electron chi connectivity index (χ3n) is 2.96. The number of rotatable bonds is 4.